The van der Waals surface area contributed by atoms with E-state index in [-0.39, 0.29) is 0 Å². The number of nitrogens with one attached hydrogen (secondary N) is 1. The zero-order valence-corrected chi connectivity index (χ0v) is 11.3. The second-order valence-corrected chi connectivity index (χ2v) is 5.59. The first-order valence-corrected chi connectivity index (χ1v) is 6.73. The topological polar surface area (TPSA) is 38.0 Å². The van der Waals surface area contributed by atoms with Gasteiger partial charge in [-0.3, -0.25) is 0 Å². The lowest BCUT2D eigenvalue weighted by Crippen LogP contribution is -2.34. The fourth-order valence-corrected chi connectivity index (χ4v) is 2.66. The van der Waals surface area contributed by atoms with Crippen LogP contribution < -0.4 is 11.1 Å². The molecule has 0 saturated heterocycles. The third-order valence-electron chi connectivity index (χ3n) is 3.26. The predicted octanol–water partition coefficient (Wildman–Crippen LogP) is 3.44. The smallest absolute Gasteiger partial charge is 0.0353 e. The molecule has 3 heteroatoms. The maximum absolute atomic E-state index is 5.98. The third kappa shape index (κ3) is 2.98. The van der Waals surface area contributed by atoms with Crippen LogP contribution in [0.25, 0.3) is 0 Å². The summed E-state index contributed by atoms with van der Waals surface area (Å²) in [6, 6.07) is 7.34. The fourth-order valence-electron chi connectivity index (χ4n) is 2.28. The summed E-state index contributed by atoms with van der Waals surface area (Å²) in [7, 11) is 0. The van der Waals surface area contributed by atoms with Gasteiger partial charge in [-0.15, -0.1) is 0 Å². The Morgan fingerprint density at radius 1 is 1.38 bits per heavy atom. The molecule has 0 aromatic heterocycles. The summed E-state index contributed by atoms with van der Waals surface area (Å²) in [6.45, 7) is 2.10. The second kappa shape index (κ2) is 5.19. The molecule has 0 amide bonds. The summed E-state index contributed by atoms with van der Waals surface area (Å²) in [4.78, 5) is 0. The van der Waals surface area contributed by atoms with E-state index in [0.717, 1.165) is 10.9 Å². The highest BCUT2D eigenvalue weighted by molar-refractivity contribution is 9.10. The third-order valence-corrected chi connectivity index (χ3v) is 4.11. The molecule has 88 valence electrons. The molecule has 0 radical (unpaired) electrons. The molecule has 0 heterocycles. The van der Waals surface area contributed by atoms with E-state index in [0.29, 0.717) is 12.1 Å². The van der Waals surface area contributed by atoms with E-state index in [2.05, 4.69) is 46.4 Å². The molecule has 2 nitrogen and oxygen atoms in total. The highest BCUT2D eigenvalue weighted by Gasteiger charge is 2.18. The molecule has 3 N–H and O–H groups in total. The Kier molecular flexibility index (Phi) is 3.87. The molecule has 1 saturated carbocycles. The van der Waals surface area contributed by atoms with Crippen LogP contribution in [0, 0.1) is 6.92 Å². The number of hydrogen-bond donors (Lipinski definition) is 2. The minimum Gasteiger partial charge on any atom is -0.382 e. The van der Waals surface area contributed by atoms with Crippen LogP contribution in [0.1, 0.15) is 31.2 Å². The van der Waals surface area contributed by atoms with Crippen LogP contribution in [0.4, 0.5) is 5.69 Å². The molecule has 1 aromatic carbocycles. The van der Waals surface area contributed by atoms with Crippen LogP contribution in [0.15, 0.2) is 22.7 Å². The molecule has 1 fully saturated rings. The first kappa shape index (κ1) is 11.9. The quantitative estimate of drug-likeness (QED) is 0.872. The average Bonchev–Trinajstić information content (AvgIpc) is 2.24. The summed E-state index contributed by atoms with van der Waals surface area (Å²) in [6.07, 6.45) is 4.74. The number of benzene rings is 1. The minimum atomic E-state index is 0.375. The molecule has 2 atom stereocenters. The van der Waals surface area contributed by atoms with Crippen LogP contribution >= 0.6 is 15.9 Å². The highest BCUT2D eigenvalue weighted by Crippen LogP contribution is 2.24. The maximum Gasteiger partial charge on any atom is 0.0353 e. The average molecular weight is 283 g/mol. The Labute approximate surface area is 106 Å². The summed E-state index contributed by atoms with van der Waals surface area (Å²) >= 11 is 3.56. The molecule has 1 aromatic rings. The number of rotatable bonds is 2. The van der Waals surface area contributed by atoms with Crippen molar-refractivity contribution >= 4 is 21.6 Å². The van der Waals surface area contributed by atoms with Crippen LogP contribution in [-0.4, -0.2) is 12.1 Å². The highest BCUT2D eigenvalue weighted by atomic mass is 79.9. The van der Waals surface area contributed by atoms with Gasteiger partial charge in [0.15, 0.2) is 0 Å². The van der Waals surface area contributed by atoms with Crippen LogP contribution in [0.2, 0.25) is 0 Å². The Balaban J connectivity index is 2.00. The molecular formula is C13H19BrN2. The number of hydrogen-bond acceptors (Lipinski definition) is 2. The lowest BCUT2D eigenvalue weighted by molar-refractivity contribution is 0.409. The van der Waals surface area contributed by atoms with Crippen LogP contribution in [0.3, 0.4) is 0 Å². The van der Waals surface area contributed by atoms with Gasteiger partial charge in [0, 0.05) is 22.2 Å². The maximum atomic E-state index is 5.98. The summed E-state index contributed by atoms with van der Waals surface area (Å²) < 4.78 is 1.16. The van der Waals surface area contributed by atoms with E-state index < -0.39 is 0 Å². The van der Waals surface area contributed by atoms with Crippen molar-refractivity contribution in [3.63, 3.8) is 0 Å². The number of aryl methyl sites for hydroxylation is 1. The Hall–Kier alpha value is -0.540. The summed E-state index contributed by atoms with van der Waals surface area (Å²) in [5.41, 5.74) is 8.44. The van der Waals surface area contributed by atoms with Crippen molar-refractivity contribution < 1.29 is 0 Å². The van der Waals surface area contributed by atoms with Crippen molar-refractivity contribution in [3.05, 3.63) is 28.2 Å². The van der Waals surface area contributed by atoms with E-state index in [1.807, 2.05) is 0 Å². The minimum absolute atomic E-state index is 0.375. The van der Waals surface area contributed by atoms with Gasteiger partial charge in [0.05, 0.1) is 0 Å². The number of halogens is 1. The van der Waals surface area contributed by atoms with Gasteiger partial charge in [-0.05, 0) is 50.3 Å². The van der Waals surface area contributed by atoms with E-state index >= 15 is 0 Å². The largest absolute Gasteiger partial charge is 0.382 e. The van der Waals surface area contributed by atoms with Crippen LogP contribution in [0.5, 0.6) is 0 Å². The van der Waals surface area contributed by atoms with Crippen LogP contribution in [-0.2, 0) is 0 Å². The first-order chi connectivity index (χ1) is 7.65. The lowest BCUT2D eigenvalue weighted by atomic mass is 9.91. The summed E-state index contributed by atoms with van der Waals surface area (Å²) in [5, 5.41) is 3.57. The molecular weight excluding hydrogens is 264 g/mol. The van der Waals surface area contributed by atoms with Crippen molar-refractivity contribution in [1.82, 2.24) is 0 Å². The molecule has 2 rings (SSSR count). The lowest BCUT2D eigenvalue weighted by Gasteiger charge is -2.28. The second-order valence-electron chi connectivity index (χ2n) is 4.73. The predicted molar refractivity (Wildman–Crippen MR) is 72.7 cm³/mol. The Bertz CT molecular complexity index is 365. The van der Waals surface area contributed by atoms with Crippen molar-refractivity contribution in [3.8, 4) is 0 Å². The van der Waals surface area contributed by atoms with Gasteiger partial charge < -0.3 is 11.1 Å². The zero-order chi connectivity index (χ0) is 11.5. The monoisotopic (exact) mass is 282 g/mol. The van der Waals surface area contributed by atoms with Gasteiger partial charge in [0.1, 0.15) is 0 Å². The van der Waals surface area contributed by atoms with Gasteiger partial charge in [-0.1, -0.05) is 22.0 Å². The molecule has 2 unspecified atom stereocenters. The Morgan fingerprint density at radius 3 is 2.88 bits per heavy atom. The standard InChI is InChI=1S/C13H19BrN2/c1-9-5-6-12(8-13(9)14)16-11-4-2-3-10(15)7-11/h5-6,8,10-11,16H,2-4,7,15H2,1H3. The first-order valence-electron chi connectivity index (χ1n) is 5.93. The molecule has 0 bridgehead atoms. The van der Waals surface area contributed by atoms with E-state index in [9.17, 15) is 0 Å². The van der Waals surface area contributed by atoms with Crippen molar-refractivity contribution in [1.29, 1.82) is 0 Å². The fraction of sp³-hybridized carbons (Fsp3) is 0.538. The van der Waals surface area contributed by atoms with Crippen molar-refractivity contribution in [2.75, 3.05) is 5.32 Å². The van der Waals surface area contributed by atoms with Crippen molar-refractivity contribution in [2.24, 2.45) is 5.73 Å². The number of nitrogens with two attached hydrogens (primary N) is 1. The number of anilines is 1. The van der Waals surface area contributed by atoms with Gasteiger partial charge in [0.2, 0.25) is 0 Å². The molecule has 0 aliphatic heterocycles. The normalized spacial score (nSPS) is 25.4. The SMILES string of the molecule is Cc1ccc(NC2CCCC(N)C2)cc1Br. The molecule has 16 heavy (non-hydrogen) atoms. The molecule has 1 aliphatic rings. The van der Waals surface area contributed by atoms with E-state index in [4.69, 9.17) is 5.73 Å². The Morgan fingerprint density at radius 2 is 2.19 bits per heavy atom. The van der Waals surface area contributed by atoms with Gasteiger partial charge in [0.25, 0.3) is 0 Å². The van der Waals surface area contributed by atoms with E-state index in [1.165, 1.54) is 30.5 Å². The zero-order valence-electron chi connectivity index (χ0n) is 9.67. The van der Waals surface area contributed by atoms with Gasteiger partial charge in [-0.25, -0.2) is 0 Å². The molecule has 1 aliphatic carbocycles. The van der Waals surface area contributed by atoms with Gasteiger partial charge >= 0.3 is 0 Å². The molecule has 0 spiro atoms. The summed E-state index contributed by atoms with van der Waals surface area (Å²) in [5.74, 6) is 0. The van der Waals surface area contributed by atoms with E-state index in [1.54, 1.807) is 0 Å². The van der Waals surface area contributed by atoms with Crippen molar-refractivity contribution in [2.45, 2.75) is 44.7 Å². The van der Waals surface area contributed by atoms with Gasteiger partial charge in [-0.2, -0.15) is 0 Å².